The molecule has 2 heterocycles. The molecule has 1 aromatic rings. The third-order valence-corrected chi connectivity index (χ3v) is 4.79. The summed E-state index contributed by atoms with van der Waals surface area (Å²) < 4.78 is 45.0. The number of oxazole rings is 1. The summed E-state index contributed by atoms with van der Waals surface area (Å²) in [4.78, 5) is 28.8. The Hall–Kier alpha value is -2.10. The normalized spacial score (nSPS) is 24.2. The Kier molecular flexibility index (Phi) is 4.72. The zero-order valence-electron chi connectivity index (χ0n) is 13.3. The van der Waals surface area contributed by atoms with Crippen molar-refractivity contribution in [1.29, 1.82) is 0 Å². The number of likely N-dealkylation sites (tertiary alicyclic amines) is 1. The predicted octanol–water partition coefficient (Wildman–Crippen LogP) is 1.05. The van der Waals surface area contributed by atoms with Crippen LogP contribution in [0.4, 0.5) is 13.2 Å². The van der Waals surface area contributed by atoms with Gasteiger partial charge in [-0.2, -0.15) is 13.2 Å². The number of carbonyl (C=O) groups excluding carboxylic acids is 2. The highest BCUT2D eigenvalue weighted by Crippen LogP contribution is 2.39. The molecule has 2 aliphatic rings. The number of carbonyl (C=O) groups is 2. The number of nitrogens with one attached hydrogen (secondary N) is 1. The second kappa shape index (κ2) is 6.66. The minimum absolute atomic E-state index is 0.0414. The standard InChI is InChI=1S/C15H18F3N3O4/c16-15(17,18)9-4-21(5-10(9)20-11(23)6-22)14(24)12-13(25-7-19-12)8-2-1-3-8/h7-10,22H,1-6H2,(H,20,23)/t9-,10-/m1/s1. The van der Waals surface area contributed by atoms with Gasteiger partial charge in [0, 0.05) is 19.0 Å². The van der Waals surface area contributed by atoms with Gasteiger partial charge in [-0.25, -0.2) is 4.98 Å². The van der Waals surface area contributed by atoms with Crippen molar-refractivity contribution in [2.45, 2.75) is 37.4 Å². The number of aliphatic hydroxyl groups excluding tert-OH is 1. The first-order valence-corrected chi connectivity index (χ1v) is 8.01. The van der Waals surface area contributed by atoms with Crippen LogP contribution in [0.1, 0.15) is 41.4 Å². The molecule has 1 saturated heterocycles. The molecule has 2 amide bonds. The van der Waals surface area contributed by atoms with Crippen LogP contribution in [0, 0.1) is 5.92 Å². The number of nitrogens with zero attached hydrogens (tertiary/aromatic N) is 2. The minimum atomic E-state index is -4.58. The molecule has 0 radical (unpaired) electrons. The molecule has 1 aliphatic heterocycles. The van der Waals surface area contributed by atoms with Crippen LogP contribution >= 0.6 is 0 Å². The quantitative estimate of drug-likeness (QED) is 0.836. The van der Waals surface area contributed by atoms with Crippen LogP contribution in [-0.4, -0.2) is 58.7 Å². The maximum Gasteiger partial charge on any atom is 0.395 e. The van der Waals surface area contributed by atoms with Gasteiger partial charge in [0.15, 0.2) is 12.1 Å². The van der Waals surface area contributed by atoms with E-state index in [1.807, 2.05) is 0 Å². The highest BCUT2D eigenvalue weighted by molar-refractivity contribution is 5.93. The smallest absolute Gasteiger partial charge is 0.395 e. The van der Waals surface area contributed by atoms with Crippen LogP contribution in [0.15, 0.2) is 10.8 Å². The number of amides is 2. The van der Waals surface area contributed by atoms with Crippen molar-refractivity contribution in [3.8, 4) is 0 Å². The Bertz CT molecular complexity index is 657. The summed E-state index contributed by atoms with van der Waals surface area (Å²) in [5, 5.41) is 10.9. The second-order valence-electron chi connectivity index (χ2n) is 6.38. The van der Waals surface area contributed by atoms with E-state index < -0.39 is 43.1 Å². The van der Waals surface area contributed by atoms with E-state index in [9.17, 15) is 22.8 Å². The fourth-order valence-corrected chi connectivity index (χ4v) is 3.23. The maximum atomic E-state index is 13.2. The molecule has 3 rings (SSSR count). The number of hydrogen-bond acceptors (Lipinski definition) is 5. The molecule has 2 N–H and O–H groups in total. The van der Waals surface area contributed by atoms with Crippen molar-refractivity contribution in [2.24, 2.45) is 5.92 Å². The highest BCUT2D eigenvalue weighted by atomic mass is 19.4. The summed E-state index contributed by atoms with van der Waals surface area (Å²) in [6.07, 6.45) is -0.730. The first kappa shape index (κ1) is 17.7. The van der Waals surface area contributed by atoms with Crippen molar-refractivity contribution in [1.82, 2.24) is 15.2 Å². The lowest BCUT2D eigenvalue weighted by molar-refractivity contribution is -0.175. The fraction of sp³-hybridized carbons (Fsp3) is 0.667. The Labute approximate surface area is 141 Å². The van der Waals surface area contributed by atoms with Gasteiger partial charge in [0.1, 0.15) is 12.4 Å². The number of halogens is 3. The fourth-order valence-electron chi connectivity index (χ4n) is 3.23. The average Bonchev–Trinajstić information content (AvgIpc) is 3.11. The van der Waals surface area contributed by atoms with E-state index in [0.29, 0.717) is 5.76 Å². The van der Waals surface area contributed by atoms with Gasteiger partial charge in [0.05, 0.1) is 12.0 Å². The summed E-state index contributed by atoms with van der Waals surface area (Å²) in [7, 11) is 0. The summed E-state index contributed by atoms with van der Waals surface area (Å²) in [6, 6.07) is -1.30. The number of aliphatic hydroxyl groups is 1. The summed E-state index contributed by atoms with van der Waals surface area (Å²) >= 11 is 0. The highest BCUT2D eigenvalue weighted by Gasteiger charge is 2.51. The molecular formula is C15H18F3N3O4. The van der Waals surface area contributed by atoms with Crippen molar-refractivity contribution in [3.05, 3.63) is 17.8 Å². The molecule has 25 heavy (non-hydrogen) atoms. The van der Waals surface area contributed by atoms with Gasteiger partial charge >= 0.3 is 6.18 Å². The largest absolute Gasteiger partial charge is 0.447 e. The van der Waals surface area contributed by atoms with Crippen LogP contribution in [-0.2, 0) is 4.79 Å². The first-order valence-electron chi connectivity index (χ1n) is 8.01. The molecule has 0 spiro atoms. The third kappa shape index (κ3) is 3.48. The van der Waals surface area contributed by atoms with Gasteiger partial charge < -0.3 is 19.7 Å². The molecule has 2 fully saturated rings. The molecule has 7 nitrogen and oxygen atoms in total. The Balaban J connectivity index is 1.77. The lowest BCUT2D eigenvalue weighted by Gasteiger charge is -2.24. The lowest BCUT2D eigenvalue weighted by Crippen LogP contribution is -2.46. The lowest BCUT2D eigenvalue weighted by atomic mass is 9.83. The van der Waals surface area contributed by atoms with Gasteiger partial charge in [-0.05, 0) is 12.8 Å². The van der Waals surface area contributed by atoms with Gasteiger partial charge in [-0.1, -0.05) is 6.42 Å². The van der Waals surface area contributed by atoms with E-state index in [0.717, 1.165) is 30.6 Å². The zero-order valence-corrected chi connectivity index (χ0v) is 13.3. The molecule has 1 aliphatic carbocycles. The molecule has 2 atom stereocenters. The first-order chi connectivity index (χ1) is 11.8. The summed E-state index contributed by atoms with van der Waals surface area (Å²) in [6.45, 7) is -1.79. The van der Waals surface area contributed by atoms with E-state index in [2.05, 4.69) is 10.3 Å². The van der Waals surface area contributed by atoms with E-state index in [1.54, 1.807) is 0 Å². The van der Waals surface area contributed by atoms with Crippen molar-refractivity contribution in [3.63, 3.8) is 0 Å². The van der Waals surface area contributed by atoms with E-state index >= 15 is 0 Å². The minimum Gasteiger partial charge on any atom is -0.447 e. The van der Waals surface area contributed by atoms with Crippen LogP contribution in [0.5, 0.6) is 0 Å². The number of rotatable bonds is 4. The Morgan fingerprint density at radius 3 is 2.64 bits per heavy atom. The SMILES string of the molecule is O=C(CO)N[C@@H]1CN(C(=O)c2ncoc2C2CCC2)C[C@H]1C(F)(F)F. The molecule has 1 aromatic heterocycles. The van der Waals surface area contributed by atoms with Crippen molar-refractivity contribution < 1.29 is 32.3 Å². The summed E-state index contributed by atoms with van der Waals surface area (Å²) in [5.74, 6) is -2.95. The Morgan fingerprint density at radius 1 is 1.36 bits per heavy atom. The molecule has 0 aromatic carbocycles. The zero-order chi connectivity index (χ0) is 18.2. The van der Waals surface area contributed by atoms with Crippen LogP contribution in [0.2, 0.25) is 0 Å². The van der Waals surface area contributed by atoms with Gasteiger partial charge in [-0.3, -0.25) is 9.59 Å². The predicted molar refractivity (Wildman–Crippen MR) is 77.6 cm³/mol. The van der Waals surface area contributed by atoms with Crippen LogP contribution < -0.4 is 5.32 Å². The van der Waals surface area contributed by atoms with Crippen LogP contribution in [0.3, 0.4) is 0 Å². The molecular weight excluding hydrogens is 343 g/mol. The number of aromatic nitrogens is 1. The molecule has 138 valence electrons. The maximum absolute atomic E-state index is 13.2. The molecule has 1 saturated carbocycles. The number of hydrogen-bond donors (Lipinski definition) is 2. The number of alkyl halides is 3. The van der Waals surface area contributed by atoms with E-state index in [4.69, 9.17) is 9.52 Å². The second-order valence-corrected chi connectivity index (χ2v) is 6.38. The van der Waals surface area contributed by atoms with Gasteiger partial charge in [0.2, 0.25) is 5.91 Å². The van der Waals surface area contributed by atoms with Gasteiger partial charge in [0.25, 0.3) is 5.91 Å². The van der Waals surface area contributed by atoms with E-state index in [1.165, 1.54) is 0 Å². The monoisotopic (exact) mass is 361 g/mol. The van der Waals surface area contributed by atoms with Crippen molar-refractivity contribution >= 4 is 11.8 Å². The molecule has 0 bridgehead atoms. The molecule has 0 unspecified atom stereocenters. The average molecular weight is 361 g/mol. The molecule has 10 heteroatoms. The Morgan fingerprint density at radius 2 is 2.08 bits per heavy atom. The summed E-state index contributed by atoms with van der Waals surface area (Å²) in [5.41, 5.74) is 0.0414. The van der Waals surface area contributed by atoms with Gasteiger partial charge in [-0.15, -0.1) is 0 Å². The van der Waals surface area contributed by atoms with E-state index in [-0.39, 0.29) is 18.2 Å². The van der Waals surface area contributed by atoms with Crippen LogP contribution in [0.25, 0.3) is 0 Å². The van der Waals surface area contributed by atoms with Crippen molar-refractivity contribution in [2.75, 3.05) is 19.7 Å². The topological polar surface area (TPSA) is 95.7 Å². The third-order valence-electron chi connectivity index (χ3n) is 4.79.